The molecule has 0 aliphatic carbocycles. The van der Waals surface area contributed by atoms with Crippen LogP contribution < -0.4 is 10.6 Å². The number of rotatable bonds is 4. The van der Waals surface area contributed by atoms with Crippen LogP contribution in [-0.2, 0) is 10.3 Å². The third kappa shape index (κ3) is 4.20. The molecule has 1 aromatic heterocycles. The zero-order valence-electron chi connectivity index (χ0n) is 9.16. The van der Waals surface area contributed by atoms with Crippen molar-refractivity contribution in [1.29, 1.82) is 0 Å². The van der Waals surface area contributed by atoms with Gasteiger partial charge in [-0.05, 0) is 32.3 Å². The molecule has 0 atom stereocenters. The highest BCUT2D eigenvalue weighted by atomic mass is 35.5. The number of carbonyl (C=O) groups is 1. The standard InChI is InChI=1S/C10H16N2OS.ClH/c1-10(2,8-5-4-6-14-8)12-9(13)7-11-3;/h4-6,11H,7H2,1-3H3,(H,12,13);1H. The van der Waals surface area contributed by atoms with Gasteiger partial charge in [0.15, 0.2) is 0 Å². The van der Waals surface area contributed by atoms with Gasteiger partial charge in [0.25, 0.3) is 0 Å². The topological polar surface area (TPSA) is 41.1 Å². The van der Waals surface area contributed by atoms with E-state index in [1.807, 2.05) is 31.4 Å². The van der Waals surface area contributed by atoms with E-state index in [4.69, 9.17) is 0 Å². The zero-order valence-corrected chi connectivity index (χ0v) is 10.8. The van der Waals surface area contributed by atoms with Crippen LogP contribution in [0.5, 0.6) is 0 Å². The fourth-order valence-electron chi connectivity index (χ4n) is 1.25. The molecule has 1 amide bonds. The zero-order chi connectivity index (χ0) is 10.6. The molecule has 0 saturated carbocycles. The van der Waals surface area contributed by atoms with Gasteiger partial charge in [-0.3, -0.25) is 4.79 Å². The van der Waals surface area contributed by atoms with Crippen molar-refractivity contribution in [2.45, 2.75) is 19.4 Å². The van der Waals surface area contributed by atoms with Gasteiger partial charge in [-0.2, -0.15) is 0 Å². The Morgan fingerprint density at radius 1 is 1.53 bits per heavy atom. The molecule has 0 saturated heterocycles. The van der Waals surface area contributed by atoms with Crippen LogP contribution in [0.25, 0.3) is 0 Å². The number of carbonyl (C=O) groups excluding carboxylic acids is 1. The fourth-order valence-corrected chi connectivity index (χ4v) is 2.06. The van der Waals surface area contributed by atoms with E-state index in [0.29, 0.717) is 6.54 Å². The van der Waals surface area contributed by atoms with Crippen molar-refractivity contribution in [3.8, 4) is 0 Å². The summed E-state index contributed by atoms with van der Waals surface area (Å²) in [6.07, 6.45) is 0. The summed E-state index contributed by atoms with van der Waals surface area (Å²) in [5, 5.41) is 7.81. The van der Waals surface area contributed by atoms with Gasteiger partial charge >= 0.3 is 0 Å². The quantitative estimate of drug-likeness (QED) is 0.852. The minimum atomic E-state index is -0.276. The van der Waals surface area contributed by atoms with E-state index in [9.17, 15) is 4.79 Å². The molecule has 3 nitrogen and oxygen atoms in total. The van der Waals surface area contributed by atoms with Gasteiger partial charge < -0.3 is 10.6 Å². The largest absolute Gasteiger partial charge is 0.345 e. The Bertz CT molecular complexity index is 298. The molecule has 1 heterocycles. The highest BCUT2D eigenvalue weighted by molar-refractivity contribution is 7.10. The van der Waals surface area contributed by atoms with E-state index in [-0.39, 0.29) is 23.9 Å². The van der Waals surface area contributed by atoms with Gasteiger partial charge in [0.05, 0.1) is 12.1 Å². The number of thiophene rings is 1. The minimum Gasteiger partial charge on any atom is -0.345 e. The molecule has 0 bridgehead atoms. The summed E-state index contributed by atoms with van der Waals surface area (Å²) in [6, 6.07) is 4.02. The normalized spacial score (nSPS) is 10.6. The maximum atomic E-state index is 11.4. The lowest BCUT2D eigenvalue weighted by molar-refractivity contribution is -0.121. The highest BCUT2D eigenvalue weighted by Gasteiger charge is 2.23. The molecule has 1 rings (SSSR count). The first-order chi connectivity index (χ1) is 6.56. The first-order valence-electron chi connectivity index (χ1n) is 4.56. The third-order valence-electron chi connectivity index (χ3n) is 1.93. The first kappa shape index (κ1) is 14.4. The Labute approximate surface area is 101 Å². The molecular formula is C10H17ClN2OS. The maximum Gasteiger partial charge on any atom is 0.234 e. The van der Waals surface area contributed by atoms with E-state index in [1.165, 1.54) is 4.88 Å². The Morgan fingerprint density at radius 3 is 2.67 bits per heavy atom. The minimum absolute atomic E-state index is 0. The second-order valence-electron chi connectivity index (χ2n) is 3.68. The summed E-state index contributed by atoms with van der Waals surface area (Å²) < 4.78 is 0. The molecule has 0 spiro atoms. The van der Waals surface area contributed by atoms with Crippen molar-refractivity contribution in [3.05, 3.63) is 22.4 Å². The number of hydrogen-bond acceptors (Lipinski definition) is 3. The summed E-state index contributed by atoms with van der Waals surface area (Å²) in [6.45, 7) is 4.37. The number of nitrogens with one attached hydrogen (secondary N) is 2. The molecule has 2 N–H and O–H groups in total. The molecule has 86 valence electrons. The second kappa shape index (κ2) is 6.10. The van der Waals surface area contributed by atoms with Crippen LogP contribution in [-0.4, -0.2) is 19.5 Å². The van der Waals surface area contributed by atoms with Crippen molar-refractivity contribution < 1.29 is 4.79 Å². The fraction of sp³-hybridized carbons (Fsp3) is 0.500. The number of likely N-dealkylation sites (N-methyl/N-ethyl adjacent to an activating group) is 1. The van der Waals surface area contributed by atoms with Crippen molar-refractivity contribution in [1.82, 2.24) is 10.6 Å². The van der Waals surface area contributed by atoms with Crippen LogP contribution in [0.1, 0.15) is 18.7 Å². The molecule has 0 aliphatic heterocycles. The summed E-state index contributed by atoms with van der Waals surface area (Å²) in [4.78, 5) is 12.6. The SMILES string of the molecule is CNCC(=O)NC(C)(C)c1cccs1.Cl. The Kier molecular flexibility index (Phi) is 5.87. The molecular weight excluding hydrogens is 232 g/mol. The molecule has 15 heavy (non-hydrogen) atoms. The van der Waals surface area contributed by atoms with Crippen molar-refractivity contribution >= 4 is 29.7 Å². The van der Waals surface area contributed by atoms with Crippen LogP contribution in [0.3, 0.4) is 0 Å². The van der Waals surface area contributed by atoms with Gasteiger partial charge in [-0.15, -0.1) is 23.7 Å². The van der Waals surface area contributed by atoms with Crippen LogP contribution in [0.2, 0.25) is 0 Å². The van der Waals surface area contributed by atoms with E-state index in [0.717, 1.165) is 0 Å². The first-order valence-corrected chi connectivity index (χ1v) is 5.44. The molecule has 0 fully saturated rings. The molecule has 0 aromatic carbocycles. The van der Waals surface area contributed by atoms with Gasteiger partial charge in [0.2, 0.25) is 5.91 Å². The summed E-state index contributed by atoms with van der Waals surface area (Å²) >= 11 is 1.65. The predicted octanol–water partition coefficient (Wildman–Crippen LogP) is 1.74. The lowest BCUT2D eigenvalue weighted by Crippen LogP contribution is -2.43. The van der Waals surface area contributed by atoms with E-state index >= 15 is 0 Å². The average Bonchev–Trinajstić information content (AvgIpc) is 2.54. The summed E-state index contributed by atoms with van der Waals surface area (Å²) in [5.41, 5.74) is -0.276. The Hall–Kier alpha value is -0.580. The number of halogens is 1. The molecule has 0 aliphatic rings. The molecule has 0 radical (unpaired) electrons. The van der Waals surface area contributed by atoms with E-state index in [1.54, 1.807) is 18.4 Å². The van der Waals surface area contributed by atoms with Crippen molar-refractivity contribution in [2.75, 3.05) is 13.6 Å². The van der Waals surface area contributed by atoms with Crippen LogP contribution in [0, 0.1) is 0 Å². The van der Waals surface area contributed by atoms with Gasteiger partial charge in [-0.1, -0.05) is 6.07 Å². The average molecular weight is 249 g/mol. The molecule has 1 aromatic rings. The third-order valence-corrected chi connectivity index (χ3v) is 3.12. The lowest BCUT2D eigenvalue weighted by atomic mass is 10.0. The van der Waals surface area contributed by atoms with Crippen LogP contribution >= 0.6 is 23.7 Å². The van der Waals surface area contributed by atoms with Gasteiger partial charge in [0, 0.05) is 4.88 Å². The van der Waals surface area contributed by atoms with Crippen LogP contribution in [0.4, 0.5) is 0 Å². The Morgan fingerprint density at radius 2 is 2.20 bits per heavy atom. The molecule has 0 unspecified atom stereocenters. The van der Waals surface area contributed by atoms with Crippen molar-refractivity contribution in [3.63, 3.8) is 0 Å². The summed E-state index contributed by atoms with van der Waals surface area (Å²) in [7, 11) is 1.76. The predicted molar refractivity (Wildman–Crippen MR) is 66.7 cm³/mol. The lowest BCUT2D eigenvalue weighted by Gasteiger charge is -2.24. The molecule has 5 heteroatoms. The number of amides is 1. The summed E-state index contributed by atoms with van der Waals surface area (Å²) in [5.74, 6) is 0.0194. The highest BCUT2D eigenvalue weighted by Crippen LogP contribution is 2.24. The van der Waals surface area contributed by atoms with Gasteiger partial charge in [0.1, 0.15) is 0 Å². The smallest absolute Gasteiger partial charge is 0.234 e. The number of hydrogen-bond donors (Lipinski definition) is 2. The second-order valence-corrected chi connectivity index (χ2v) is 4.63. The van der Waals surface area contributed by atoms with Gasteiger partial charge in [-0.25, -0.2) is 0 Å². The maximum absolute atomic E-state index is 11.4. The Balaban J connectivity index is 0.00000196. The van der Waals surface area contributed by atoms with Crippen molar-refractivity contribution in [2.24, 2.45) is 0 Å². The van der Waals surface area contributed by atoms with Crippen LogP contribution in [0.15, 0.2) is 17.5 Å². The van der Waals surface area contributed by atoms with E-state index < -0.39 is 0 Å². The monoisotopic (exact) mass is 248 g/mol. The van der Waals surface area contributed by atoms with E-state index in [2.05, 4.69) is 10.6 Å².